The maximum absolute atomic E-state index is 12.0. The Morgan fingerprint density at radius 3 is 3.10 bits per heavy atom. The molecule has 0 saturated heterocycles. The lowest BCUT2D eigenvalue weighted by Gasteiger charge is -2.17. The third-order valence-electron chi connectivity index (χ3n) is 4.57. The fourth-order valence-electron chi connectivity index (χ4n) is 3.20. The molecule has 0 aliphatic heterocycles. The molecule has 2 aliphatic rings. The Balaban J connectivity index is 1.39. The van der Waals surface area contributed by atoms with Gasteiger partial charge in [-0.1, -0.05) is 12.2 Å². The minimum Gasteiger partial charge on any atom is -0.356 e. The molecule has 20 heavy (non-hydrogen) atoms. The minimum absolute atomic E-state index is 0.223. The summed E-state index contributed by atoms with van der Waals surface area (Å²) in [7, 11) is 1.99. The molecule has 0 bridgehead atoms. The summed E-state index contributed by atoms with van der Waals surface area (Å²) in [6, 6.07) is 2.08. The molecule has 1 saturated carbocycles. The molecule has 4 heteroatoms. The van der Waals surface area contributed by atoms with E-state index in [1.165, 1.54) is 12.1 Å². The van der Waals surface area contributed by atoms with Crippen LogP contribution in [0.15, 0.2) is 24.4 Å². The Morgan fingerprint density at radius 1 is 1.50 bits per heavy atom. The maximum Gasteiger partial charge on any atom is 0.220 e. The number of amides is 1. The van der Waals surface area contributed by atoms with Crippen LogP contribution in [0.3, 0.4) is 0 Å². The zero-order chi connectivity index (χ0) is 13.9. The Hall–Kier alpha value is -1.58. The van der Waals surface area contributed by atoms with E-state index in [1.807, 2.05) is 17.9 Å². The van der Waals surface area contributed by atoms with Gasteiger partial charge >= 0.3 is 0 Å². The molecule has 1 N–H and O–H groups in total. The lowest BCUT2D eigenvalue weighted by molar-refractivity contribution is -0.122. The molecule has 0 aromatic carbocycles. The Labute approximate surface area is 120 Å². The van der Waals surface area contributed by atoms with E-state index in [-0.39, 0.29) is 5.91 Å². The summed E-state index contributed by atoms with van der Waals surface area (Å²) >= 11 is 0. The van der Waals surface area contributed by atoms with Crippen molar-refractivity contribution in [2.45, 2.75) is 38.0 Å². The first kappa shape index (κ1) is 13.4. The zero-order valence-corrected chi connectivity index (χ0v) is 12.1. The van der Waals surface area contributed by atoms with E-state index in [4.69, 9.17) is 0 Å². The van der Waals surface area contributed by atoms with Crippen LogP contribution in [0, 0.1) is 11.8 Å². The highest BCUT2D eigenvalue weighted by atomic mass is 16.1. The number of nitrogens with zero attached hydrogens (tertiary/aromatic N) is 2. The van der Waals surface area contributed by atoms with E-state index in [0.717, 1.165) is 25.8 Å². The van der Waals surface area contributed by atoms with E-state index >= 15 is 0 Å². The number of allylic oxidation sites excluding steroid dienone is 2. The average molecular weight is 273 g/mol. The van der Waals surface area contributed by atoms with Gasteiger partial charge in [-0.3, -0.25) is 9.48 Å². The second-order valence-electron chi connectivity index (χ2n) is 6.14. The van der Waals surface area contributed by atoms with Crippen LogP contribution in [0.25, 0.3) is 0 Å². The highest BCUT2D eigenvalue weighted by molar-refractivity contribution is 5.76. The van der Waals surface area contributed by atoms with Crippen LogP contribution in [0.1, 0.15) is 43.7 Å². The van der Waals surface area contributed by atoms with Crippen molar-refractivity contribution < 1.29 is 4.79 Å². The van der Waals surface area contributed by atoms with Crippen LogP contribution in [0.2, 0.25) is 0 Å². The van der Waals surface area contributed by atoms with Crippen molar-refractivity contribution in [3.8, 4) is 0 Å². The molecule has 1 aromatic heterocycles. The molecule has 1 unspecified atom stereocenters. The number of rotatable bonds is 5. The van der Waals surface area contributed by atoms with Gasteiger partial charge in [0.15, 0.2) is 0 Å². The van der Waals surface area contributed by atoms with Crippen molar-refractivity contribution >= 4 is 5.91 Å². The molecule has 3 rings (SSSR count). The molecule has 2 aliphatic carbocycles. The number of aryl methyl sites for hydroxylation is 1. The summed E-state index contributed by atoms with van der Waals surface area (Å²) < 4.78 is 1.95. The lowest BCUT2D eigenvalue weighted by Crippen LogP contribution is -2.28. The molecule has 108 valence electrons. The fraction of sp³-hybridized carbons (Fsp3) is 0.625. The van der Waals surface area contributed by atoms with Crippen LogP contribution < -0.4 is 5.32 Å². The summed E-state index contributed by atoms with van der Waals surface area (Å²) in [5, 5.41) is 7.32. The Bertz CT molecular complexity index is 506. The summed E-state index contributed by atoms with van der Waals surface area (Å²) in [5.74, 6) is 1.95. The molecule has 0 radical (unpaired) electrons. The largest absolute Gasteiger partial charge is 0.356 e. The van der Waals surface area contributed by atoms with Crippen molar-refractivity contribution in [2.75, 3.05) is 6.54 Å². The number of aromatic nitrogens is 2. The van der Waals surface area contributed by atoms with Gasteiger partial charge in [0.1, 0.15) is 0 Å². The molecular weight excluding hydrogens is 250 g/mol. The van der Waals surface area contributed by atoms with Gasteiger partial charge in [-0.05, 0) is 43.6 Å². The van der Waals surface area contributed by atoms with Crippen LogP contribution in [-0.4, -0.2) is 22.2 Å². The van der Waals surface area contributed by atoms with Crippen molar-refractivity contribution in [3.63, 3.8) is 0 Å². The SMILES string of the molecule is Cn1nccc1[C@@H]1C[C@H]1CNC(=O)CC1CC=CCC1. The quantitative estimate of drug-likeness (QED) is 0.837. The van der Waals surface area contributed by atoms with Crippen LogP contribution in [0.4, 0.5) is 0 Å². The number of nitrogens with one attached hydrogen (secondary N) is 1. The summed E-state index contributed by atoms with van der Waals surface area (Å²) in [4.78, 5) is 12.0. The maximum atomic E-state index is 12.0. The average Bonchev–Trinajstić information content (AvgIpc) is 3.10. The molecule has 3 atom stereocenters. The smallest absolute Gasteiger partial charge is 0.220 e. The van der Waals surface area contributed by atoms with Gasteiger partial charge in [0, 0.05) is 37.8 Å². The summed E-state index contributed by atoms with van der Waals surface area (Å²) in [5.41, 5.74) is 1.29. The molecule has 1 aromatic rings. The van der Waals surface area contributed by atoms with E-state index in [2.05, 4.69) is 28.6 Å². The van der Waals surface area contributed by atoms with Crippen LogP contribution >= 0.6 is 0 Å². The molecule has 1 heterocycles. The van der Waals surface area contributed by atoms with E-state index in [1.54, 1.807) is 0 Å². The third-order valence-corrected chi connectivity index (χ3v) is 4.57. The molecule has 0 spiro atoms. The van der Waals surface area contributed by atoms with Gasteiger partial charge in [-0.2, -0.15) is 5.10 Å². The van der Waals surface area contributed by atoms with Gasteiger partial charge in [0.05, 0.1) is 0 Å². The minimum atomic E-state index is 0.223. The van der Waals surface area contributed by atoms with Gasteiger partial charge in [0.25, 0.3) is 0 Å². The predicted octanol–water partition coefficient (Wildman–Crippen LogP) is 2.39. The second kappa shape index (κ2) is 5.81. The van der Waals surface area contributed by atoms with Crippen molar-refractivity contribution in [1.29, 1.82) is 0 Å². The highest BCUT2D eigenvalue weighted by Crippen LogP contribution is 2.46. The predicted molar refractivity (Wildman–Crippen MR) is 78.2 cm³/mol. The van der Waals surface area contributed by atoms with Crippen molar-refractivity contribution in [1.82, 2.24) is 15.1 Å². The van der Waals surface area contributed by atoms with Gasteiger partial charge < -0.3 is 5.32 Å². The first-order valence-electron chi connectivity index (χ1n) is 7.63. The van der Waals surface area contributed by atoms with E-state index < -0.39 is 0 Å². The zero-order valence-electron chi connectivity index (χ0n) is 12.1. The van der Waals surface area contributed by atoms with Crippen molar-refractivity contribution in [2.24, 2.45) is 18.9 Å². The number of hydrogen-bond donors (Lipinski definition) is 1. The number of carbonyl (C=O) groups is 1. The molecule has 4 nitrogen and oxygen atoms in total. The Kier molecular flexibility index (Phi) is 3.90. The summed E-state index contributed by atoms with van der Waals surface area (Å²) in [6.07, 6.45) is 11.5. The van der Waals surface area contributed by atoms with Crippen molar-refractivity contribution in [3.05, 3.63) is 30.1 Å². The topological polar surface area (TPSA) is 46.9 Å². The van der Waals surface area contributed by atoms with Gasteiger partial charge in [-0.15, -0.1) is 0 Å². The fourth-order valence-corrected chi connectivity index (χ4v) is 3.20. The van der Waals surface area contributed by atoms with Crippen LogP contribution in [0.5, 0.6) is 0 Å². The molecule has 1 fully saturated rings. The lowest BCUT2D eigenvalue weighted by atomic mass is 9.91. The standard InChI is InChI=1S/C16H23N3O/c1-19-15(7-8-18-19)14-10-13(14)11-17-16(20)9-12-5-3-2-4-6-12/h2-3,7-8,12-14H,4-6,9-11H2,1H3,(H,17,20)/t12?,13-,14+/m0/s1. The number of carbonyl (C=O) groups excluding carboxylic acids is 1. The van der Waals surface area contributed by atoms with E-state index in [0.29, 0.717) is 24.2 Å². The Morgan fingerprint density at radius 2 is 2.40 bits per heavy atom. The third kappa shape index (κ3) is 3.11. The normalized spacial score (nSPS) is 28.4. The number of hydrogen-bond acceptors (Lipinski definition) is 2. The van der Waals surface area contributed by atoms with Crippen LogP contribution in [-0.2, 0) is 11.8 Å². The molecular formula is C16H23N3O. The first-order chi connectivity index (χ1) is 9.74. The monoisotopic (exact) mass is 273 g/mol. The van der Waals surface area contributed by atoms with Gasteiger partial charge in [0.2, 0.25) is 5.91 Å². The summed E-state index contributed by atoms with van der Waals surface area (Å²) in [6.45, 7) is 0.817. The first-order valence-corrected chi connectivity index (χ1v) is 7.63. The highest BCUT2D eigenvalue weighted by Gasteiger charge is 2.40. The van der Waals surface area contributed by atoms with E-state index in [9.17, 15) is 4.79 Å². The molecule has 1 amide bonds. The second-order valence-corrected chi connectivity index (χ2v) is 6.14. The van der Waals surface area contributed by atoms with Gasteiger partial charge in [-0.25, -0.2) is 0 Å².